The predicted octanol–water partition coefficient (Wildman–Crippen LogP) is 5.51. The fourth-order valence-corrected chi connectivity index (χ4v) is 7.12. The highest BCUT2D eigenvalue weighted by molar-refractivity contribution is 7.99. The Morgan fingerprint density at radius 3 is 2.77 bits per heavy atom. The Bertz CT molecular complexity index is 1490. The number of thioether (sulfide) groups is 1. The van der Waals surface area contributed by atoms with Gasteiger partial charge in [-0.15, -0.1) is 21.5 Å². The van der Waals surface area contributed by atoms with Gasteiger partial charge in [0.25, 0.3) is 0 Å². The molecule has 0 saturated carbocycles. The van der Waals surface area contributed by atoms with Crippen LogP contribution in [0.2, 0.25) is 0 Å². The highest BCUT2D eigenvalue weighted by Gasteiger charge is 2.29. The van der Waals surface area contributed by atoms with E-state index in [1.165, 1.54) is 40.6 Å². The highest BCUT2D eigenvalue weighted by atomic mass is 32.2. The number of hydrogen-bond donors (Lipinski definition) is 1. The zero-order valence-corrected chi connectivity index (χ0v) is 22.2. The van der Waals surface area contributed by atoms with E-state index in [4.69, 9.17) is 4.74 Å². The van der Waals surface area contributed by atoms with Crippen molar-refractivity contribution in [1.82, 2.24) is 14.6 Å². The van der Waals surface area contributed by atoms with Gasteiger partial charge in [-0.2, -0.15) is 0 Å². The molecule has 1 aliphatic carbocycles. The van der Waals surface area contributed by atoms with Crippen molar-refractivity contribution in [3.63, 3.8) is 0 Å². The minimum absolute atomic E-state index is 0.153. The second-order valence-electron chi connectivity index (χ2n) is 9.37. The van der Waals surface area contributed by atoms with E-state index in [1.807, 2.05) is 10.5 Å². The quantitative estimate of drug-likeness (QED) is 0.283. The number of amides is 1. The molecule has 0 radical (unpaired) electrons. The van der Waals surface area contributed by atoms with E-state index in [2.05, 4.69) is 55.3 Å². The Labute approximate surface area is 212 Å². The van der Waals surface area contributed by atoms with Crippen LogP contribution in [-0.4, -0.2) is 39.3 Å². The summed E-state index contributed by atoms with van der Waals surface area (Å²) in [5.41, 5.74) is 6.85. The molecule has 9 heteroatoms. The first kappa shape index (κ1) is 23.8. The molecule has 5 rings (SSSR count). The van der Waals surface area contributed by atoms with Crippen molar-refractivity contribution in [3.05, 3.63) is 50.9 Å². The molecule has 1 aliphatic rings. The number of hydrogen-bond acceptors (Lipinski definition) is 7. The van der Waals surface area contributed by atoms with Crippen molar-refractivity contribution >= 4 is 56.5 Å². The molecule has 1 atom stereocenters. The lowest BCUT2D eigenvalue weighted by molar-refractivity contribution is -0.113. The average molecular weight is 509 g/mol. The van der Waals surface area contributed by atoms with Gasteiger partial charge in [0.2, 0.25) is 5.91 Å². The number of carbonyl (C=O) groups excluding carboxylic acids is 2. The van der Waals surface area contributed by atoms with Gasteiger partial charge in [0.15, 0.2) is 10.8 Å². The number of aromatic nitrogens is 3. The third-order valence-electron chi connectivity index (χ3n) is 6.58. The van der Waals surface area contributed by atoms with E-state index >= 15 is 0 Å². The summed E-state index contributed by atoms with van der Waals surface area (Å²) < 4.78 is 7.06. The smallest absolute Gasteiger partial charge is 0.341 e. The maximum atomic E-state index is 13.0. The molecule has 1 N–H and O–H groups in total. The number of thiophene rings is 1. The van der Waals surface area contributed by atoms with Crippen LogP contribution >= 0.6 is 23.1 Å². The van der Waals surface area contributed by atoms with E-state index < -0.39 is 5.97 Å². The Balaban J connectivity index is 1.42. The molecule has 0 bridgehead atoms. The standard InChI is InChI=1S/C26H28N4O3S2/c1-13-6-7-17-19(10-13)35-24(22(17)25(32)33-5)27-21(31)12-34-26-29-28-20-11-15(3)18-9-14(2)8-16(4)23(18)30(20)26/h8-9,11,13H,6-7,10,12H2,1-5H3,(H,27,31). The zero-order chi connectivity index (χ0) is 24.9. The van der Waals surface area contributed by atoms with Crippen LogP contribution in [0.4, 0.5) is 5.00 Å². The Kier molecular flexibility index (Phi) is 6.31. The van der Waals surface area contributed by atoms with Crippen LogP contribution < -0.4 is 5.32 Å². The number of nitrogens with one attached hydrogen (secondary N) is 1. The highest BCUT2D eigenvalue weighted by Crippen LogP contribution is 2.40. The Morgan fingerprint density at radius 1 is 1.20 bits per heavy atom. The Hall–Kier alpha value is -2.91. The number of ether oxygens (including phenoxy) is 1. The number of methoxy groups -OCH3 is 1. The SMILES string of the molecule is COC(=O)c1c(NC(=O)CSc2nnc3cc(C)c4cc(C)cc(C)c4n23)sc2c1CCC(C)C2. The van der Waals surface area contributed by atoms with Gasteiger partial charge in [0.1, 0.15) is 5.00 Å². The van der Waals surface area contributed by atoms with Gasteiger partial charge in [0.05, 0.1) is 23.9 Å². The molecule has 0 saturated heterocycles. The summed E-state index contributed by atoms with van der Waals surface area (Å²) in [6.45, 7) is 8.47. The first-order chi connectivity index (χ1) is 16.8. The van der Waals surface area contributed by atoms with Crippen molar-refractivity contribution in [1.29, 1.82) is 0 Å². The molecule has 3 aromatic heterocycles. The minimum Gasteiger partial charge on any atom is -0.465 e. The number of benzene rings is 1. The molecule has 1 amide bonds. The summed E-state index contributed by atoms with van der Waals surface area (Å²) in [6.07, 6.45) is 2.79. The van der Waals surface area contributed by atoms with Crippen LogP contribution in [0.1, 0.15) is 50.8 Å². The number of carbonyl (C=O) groups is 2. The molecule has 182 valence electrons. The summed E-state index contributed by atoms with van der Waals surface area (Å²) >= 11 is 2.83. The average Bonchev–Trinajstić information content (AvgIpc) is 3.37. The van der Waals surface area contributed by atoms with Crippen LogP contribution in [0.25, 0.3) is 16.6 Å². The van der Waals surface area contributed by atoms with Crippen LogP contribution in [0.3, 0.4) is 0 Å². The number of esters is 1. The van der Waals surface area contributed by atoms with E-state index in [0.29, 0.717) is 21.6 Å². The van der Waals surface area contributed by atoms with E-state index in [-0.39, 0.29) is 11.7 Å². The lowest BCUT2D eigenvalue weighted by Crippen LogP contribution is -2.17. The first-order valence-electron chi connectivity index (χ1n) is 11.7. The normalized spacial score (nSPS) is 15.4. The van der Waals surface area contributed by atoms with Gasteiger partial charge in [-0.05, 0) is 74.8 Å². The second-order valence-corrected chi connectivity index (χ2v) is 11.4. The minimum atomic E-state index is -0.393. The topological polar surface area (TPSA) is 85.6 Å². The van der Waals surface area contributed by atoms with Crippen LogP contribution in [0, 0.1) is 26.7 Å². The lowest BCUT2D eigenvalue weighted by atomic mass is 9.88. The molecular weight excluding hydrogens is 480 g/mol. The third kappa shape index (κ3) is 4.31. The first-order valence-corrected chi connectivity index (χ1v) is 13.5. The van der Waals surface area contributed by atoms with Gasteiger partial charge in [-0.1, -0.05) is 30.3 Å². The van der Waals surface area contributed by atoms with E-state index in [9.17, 15) is 9.59 Å². The molecule has 35 heavy (non-hydrogen) atoms. The van der Waals surface area contributed by atoms with Crippen molar-refractivity contribution in [2.24, 2.45) is 5.92 Å². The van der Waals surface area contributed by atoms with Crippen molar-refractivity contribution in [3.8, 4) is 0 Å². The fraction of sp³-hybridized carbons (Fsp3) is 0.385. The lowest BCUT2D eigenvalue weighted by Gasteiger charge is -2.18. The molecule has 1 aromatic carbocycles. The number of nitrogens with zero attached hydrogens (tertiary/aromatic N) is 3. The van der Waals surface area contributed by atoms with Crippen LogP contribution in [0.15, 0.2) is 23.4 Å². The molecule has 0 spiro atoms. The number of pyridine rings is 1. The summed E-state index contributed by atoms with van der Waals surface area (Å²) in [4.78, 5) is 26.7. The summed E-state index contributed by atoms with van der Waals surface area (Å²) in [5, 5.41) is 14.1. The fourth-order valence-electron chi connectivity index (χ4n) is 4.96. The zero-order valence-electron chi connectivity index (χ0n) is 20.5. The van der Waals surface area contributed by atoms with Crippen molar-refractivity contribution < 1.29 is 14.3 Å². The largest absolute Gasteiger partial charge is 0.465 e. The number of anilines is 1. The molecule has 0 aliphatic heterocycles. The molecular formula is C26H28N4O3S2. The molecule has 4 aromatic rings. The van der Waals surface area contributed by atoms with Gasteiger partial charge in [-0.3, -0.25) is 9.20 Å². The molecule has 7 nitrogen and oxygen atoms in total. The predicted molar refractivity (Wildman–Crippen MR) is 141 cm³/mol. The summed E-state index contributed by atoms with van der Waals surface area (Å²) in [7, 11) is 1.38. The number of fused-ring (bicyclic) bond motifs is 4. The maximum Gasteiger partial charge on any atom is 0.341 e. The van der Waals surface area contributed by atoms with Gasteiger partial charge in [-0.25, -0.2) is 4.79 Å². The van der Waals surface area contributed by atoms with Crippen LogP contribution in [0.5, 0.6) is 0 Å². The Morgan fingerprint density at radius 2 is 2.00 bits per heavy atom. The third-order valence-corrected chi connectivity index (χ3v) is 8.68. The number of rotatable bonds is 5. The summed E-state index contributed by atoms with van der Waals surface area (Å²) in [5.74, 6) is 0.141. The van der Waals surface area contributed by atoms with Crippen LogP contribution in [-0.2, 0) is 22.4 Å². The molecule has 1 unspecified atom stereocenters. The monoisotopic (exact) mass is 508 g/mol. The van der Waals surface area contributed by atoms with Gasteiger partial charge >= 0.3 is 5.97 Å². The maximum absolute atomic E-state index is 13.0. The van der Waals surface area contributed by atoms with Crippen molar-refractivity contribution in [2.45, 2.75) is 52.1 Å². The van der Waals surface area contributed by atoms with Gasteiger partial charge in [0, 0.05) is 10.3 Å². The molecule has 0 fully saturated rings. The van der Waals surface area contributed by atoms with E-state index in [1.54, 1.807) is 0 Å². The van der Waals surface area contributed by atoms with E-state index in [0.717, 1.165) is 52.5 Å². The second kappa shape index (κ2) is 9.28. The molecule has 3 heterocycles. The van der Waals surface area contributed by atoms with Gasteiger partial charge < -0.3 is 10.1 Å². The summed E-state index contributed by atoms with van der Waals surface area (Å²) in [6, 6.07) is 6.35. The number of aryl methyl sites for hydroxylation is 3. The van der Waals surface area contributed by atoms with Crippen molar-refractivity contribution in [2.75, 3.05) is 18.2 Å².